The summed E-state index contributed by atoms with van der Waals surface area (Å²) in [6.45, 7) is 0.992. The van der Waals surface area contributed by atoms with E-state index < -0.39 is 22.1 Å². The predicted octanol–water partition coefficient (Wildman–Crippen LogP) is 0.691. The van der Waals surface area contributed by atoms with Gasteiger partial charge in [-0.2, -0.15) is 5.26 Å². The summed E-state index contributed by atoms with van der Waals surface area (Å²) < 4.78 is 26.5. The van der Waals surface area contributed by atoms with Crippen molar-refractivity contribution in [2.45, 2.75) is 31.8 Å². The first-order chi connectivity index (χ1) is 12.6. The van der Waals surface area contributed by atoms with Gasteiger partial charge >= 0.3 is 12.1 Å². The van der Waals surface area contributed by atoms with Crippen molar-refractivity contribution in [3.63, 3.8) is 0 Å². The van der Waals surface area contributed by atoms with Crippen LogP contribution in [0.25, 0.3) is 0 Å². The summed E-state index contributed by atoms with van der Waals surface area (Å²) in [7, 11) is -3.29. The predicted molar refractivity (Wildman–Crippen MR) is 92.9 cm³/mol. The lowest BCUT2D eigenvalue weighted by Gasteiger charge is -2.33. The standard InChI is InChI=1S/C16H20N4O6S/c1-27(25,26)19-4-2-10(3-5-19)14-11(8-17)13(15(21)22)12-9-18(16(23)24)6-7-20(12)14/h10H,2-7,9H2,1H3,(H,21,22)(H,23,24). The van der Waals surface area contributed by atoms with Crippen LogP contribution in [-0.4, -0.2) is 70.4 Å². The Labute approximate surface area is 156 Å². The summed E-state index contributed by atoms with van der Waals surface area (Å²) in [5.41, 5.74) is 0.808. The molecule has 0 unspecified atom stereocenters. The minimum absolute atomic E-state index is 0.0579. The van der Waals surface area contributed by atoms with Gasteiger partial charge in [-0.3, -0.25) is 0 Å². The first-order valence-electron chi connectivity index (χ1n) is 8.46. The van der Waals surface area contributed by atoms with E-state index in [0.717, 1.165) is 11.2 Å². The molecular weight excluding hydrogens is 376 g/mol. The number of carboxylic acids is 1. The first kappa shape index (κ1) is 19.2. The lowest BCUT2D eigenvalue weighted by atomic mass is 9.91. The highest BCUT2D eigenvalue weighted by molar-refractivity contribution is 7.88. The van der Waals surface area contributed by atoms with Crippen molar-refractivity contribution in [3.05, 3.63) is 22.5 Å². The average Bonchev–Trinajstić information content (AvgIpc) is 2.94. The zero-order valence-corrected chi connectivity index (χ0v) is 15.6. The van der Waals surface area contributed by atoms with Crippen LogP contribution in [0.1, 0.15) is 46.1 Å². The number of carboxylic acid groups (broad SMARTS) is 2. The lowest BCUT2D eigenvalue weighted by Crippen LogP contribution is -2.40. The van der Waals surface area contributed by atoms with E-state index in [2.05, 4.69) is 0 Å². The highest BCUT2D eigenvalue weighted by Gasteiger charge is 2.36. The number of amides is 1. The molecule has 1 fully saturated rings. The van der Waals surface area contributed by atoms with Gasteiger partial charge in [0.05, 0.1) is 24.1 Å². The third kappa shape index (κ3) is 3.38. The normalized spacial score (nSPS) is 18.7. The average molecular weight is 396 g/mol. The van der Waals surface area contributed by atoms with Crippen molar-refractivity contribution >= 4 is 22.1 Å². The van der Waals surface area contributed by atoms with Gasteiger partial charge in [-0.25, -0.2) is 22.3 Å². The van der Waals surface area contributed by atoms with E-state index in [4.69, 9.17) is 0 Å². The van der Waals surface area contributed by atoms with Crippen molar-refractivity contribution < 1.29 is 28.2 Å². The Bertz CT molecular complexity index is 937. The zero-order valence-electron chi connectivity index (χ0n) is 14.8. The maximum absolute atomic E-state index is 11.8. The molecule has 0 atom stereocenters. The minimum Gasteiger partial charge on any atom is -0.478 e. The molecule has 2 aliphatic heterocycles. The molecule has 0 spiro atoms. The summed E-state index contributed by atoms with van der Waals surface area (Å²) in [6.07, 6.45) is 0.969. The molecule has 1 aromatic rings. The number of rotatable bonds is 3. The molecule has 1 amide bonds. The Morgan fingerprint density at radius 3 is 2.26 bits per heavy atom. The summed E-state index contributed by atoms with van der Waals surface area (Å²) in [5, 5.41) is 28.5. The monoisotopic (exact) mass is 396 g/mol. The van der Waals surface area contributed by atoms with Crippen LogP contribution in [0.5, 0.6) is 0 Å². The second-order valence-corrected chi connectivity index (χ2v) is 8.77. The van der Waals surface area contributed by atoms with E-state index in [0.29, 0.717) is 37.3 Å². The number of aromatic nitrogens is 1. The molecule has 11 heteroatoms. The molecule has 0 bridgehead atoms. The van der Waals surface area contributed by atoms with E-state index in [-0.39, 0.29) is 36.7 Å². The Morgan fingerprint density at radius 1 is 1.15 bits per heavy atom. The molecule has 0 saturated carbocycles. The van der Waals surface area contributed by atoms with Crippen LogP contribution in [0.3, 0.4) is 0 Å². The van der Waals surface area contributed by atoms with Crippen molar-refractivity contribution in [2.75, 3.05) is 25.9 Å². The topological polar surface area (TPSA) is 144 Å². The molecule has 2 N–H and O–H groups in total. The van der Waals surface area contributed by atoms with Crippen LogP contribution in [-0.2, 0) is 23.1 Å². The van der Waals surface area contributed by atoms with Crippen molar-refractivity contribution in [3.8, 4) is 6.07 Å². The number of fused-ring (bicyclic) bond motifs is 1. The number of carbonyl (C=O) groups is 2. The van der Waals surface area contributed by atoms with Gasteiger partial charge in [-0.15, -0.1) is 0 Å². The van der Waals surface area contributed by atoms with E-state index in [9.17, 15) is 33.5 Å². The maximum atomic E-state index is 11.8. The van der Waals surface area contributed by atoms with E-state index in [1.165, 1.54) is 4.31 Å². The molecule has 27 heavy (non-hydrogen) atoms. The van der Waals surface area contributed by atoms with Gasteiger partial charge in [0.2, 0.25) is 10.0 Å². The zero-order chi connectivity index (χ0) is 19.9. The van der Waals surface area contributed by atoms with Gasteiger partial charge in [0.1, 0.15) is 11.6 Å². The molecule has 10 nitrogen and oxygen atoms in total. The van der Waals surface area contributed by atoms with Gasteiger partial charge < -0.3 is 19.7 Å². The highest BCUT2D eigenvalue weighted by atomic mass is 32.2. The molecule has 2 aliphatic rings. The number of sulfonamides is 1. The number of hydrogen-bond donors (Lipinski definition) is 2. The highest BCUT2D eigenvalue weighted by Crippen LogP contribution is 2.37. The van der Waals surface area contributed by atoms with Crippen LogP contribution in [0, 0.1) is 11.3 Å². The second-order valence-electron chi connectivity index (χ2n) is 6.79. The van der Waals surface area contributed by atoms with Gasteiger partial charge in [0.25, 0.3) is 0 Å². The Kier molecular flexibility index (Phi) is 4.88. The third-order valence-electron chi connectivity index (χ3n) is 5.25. The number of nitriles is 1. The van der Waals surface area contributed by atoms with Crippen molar-refractivity contribution in [1.82, 2.24) is 13.8 Å². The summed E-state index contributed by atoms with van der Waals surface area (Å²) in [4.78, 5) is 24.2. The molecule has 0 aromatic carbocycles. The molecule has 3 heterocycles. The fraction of sp³-hybridized carbons (Fsp3) is 0.562. The van der Waals surface area contributed by atoms with E-state index >= 15 is 0 Å². The van der Waals surface area contributed by atoms with E-state index in [1.54, 1.807) is 4.57 Å². The second kappa shape index (κ2) is 6.86. The molecule has 1 saturated heterocycles. The molecule has 3 rings (SSSR count). The summed E-state index contributed by atoms with van der Waals surface area (Å²) in [6, 6.07) is 1.99. The number of aromatic carboxylic acids is 1. The number of hydrogen-bond acceptors (Lipinski definition) is 5. The Balaban J connectivity index is 2.02. The smallest absolute Gasteiger partial charge is 0.407 e. The SMILES string of the molecule is CS(=O)(=O)N1CCC(c2c(C#N)c(C(=O)O)c3n2CCN(C(=O)O)C3)CC1. The first-order valence-corrected chi connectivity index (χ1v) is 10.3. The van der Waals surface area contributed by atoms with Crippen molar-refractivity contribution in [1.29, 1.82) is 5.26 Å². The largest absolute Gasteiger partial charge is 0.478 e. The Hall–Kier alpha value is -2.58. The Morgan fingerprint density at radius 2 is 1.78 bits per heavy atom. The van der Waals surface area contributed by atoms with Gasteiger partial charge in [0, 0.05) is 37.8 Å². The quantitative estimate of drug-likeness (QED) is 0.765. The van der Waals surface area contributed by atoms with Crippen LogP contribution in [0.2, 0.25) is 0 Å². The number of nitrogens with zero attached hydrogens (tertiary/aromatic N) is 4. The minimum atomic E-state index is -3.29. The molecule has 0 aliphatic carbocycles. The third-order valence-corrected chi connectivity index (χ3v) is 6.55. The molecular formula is C16H20N4O6S. The summed E-state index contributed by atoms with van der Waals surface area (Å²) >= 11 is 0. The van der Waals surface area contributed by atoms with Crippen LogP contribution in [0.4, 0.5) is 4.79 Å². The molecule has 146 valence electrons. The number of piperidine rings is 1. The summed E-state index contributed by atoms with van der Waals surface area (Å²) in [5.74, 6) is -1.41. The van der Waals surface area contributed by atoms with Crippen LogP contribution >= 0.6 is 0 Å². The van der Waals surface area contributed by atoms with Gasteiger partial charge in [-0.1, -0.05) is 0 Å². The fourth-order valence-electron chi connectivity index (χ4n) is 3.98. The molecule has 1 aromatic heterocycles. The van der Waals surface area contributed by atoms with E-state index in [1.807, 2.05) is 6.07 Å². The van der Waals surface area contributed by atoms with Crippen molar-refractivity contribution in [2.24, 2.45) is 0 Å². The lowest BCUT2D eigenvalue weighted by molar-refractivity contribution is 0.0691. The fourth-order valence-corrected chi connectivity index (χ4v) is 4.85. The van der Waals surface area contributed by atoms with Gasteiger partial charge in [-0.05, 0) is 12.8 Å². The van der Waals surface area contributed by atoms with Gasteiger partial charge in [0.15, 0.2) is 0 Å². The van der Waals surface area contributed by atoms with Crippen LogP contribution < -0.4 is 0 Å². The molecule has 0 radical (unpaired) electrons. The van der Waals surface area contributed by atoms with Crippen LogP contribution in [0.15, 0.2) is 0 Å². The maximum Gasteiger partial charge on any atom is 0.407 e.